The number of nitrogens with one attached hydrogen (secondary N) is 2. The first-order valence-corrected chi connectivity index (χ1v) is 16.1. The minimum Gasteiger partial charge on any atom is -0.487 e. The number of piperazine rings is 1. The number of hydrogen-bond donors (Lipinski definition) is 3. The van der Waals surface area contributed by atoms with Crippen molar-refractivity contribution in [3.05, 3.63) is 99.7 Å². The van der Waals surface area contributed by atoms with Gasteiger partial charge in [-0.15, -0.1) is 0 Å². The third kappa shape index (κ3) is 6.91. The van der Waals surface area contributed by atoms with E-state index in [2.05, 4.69) is 10.3 Å². The smallest absolute Gasteiger partial charge is 0.326 e. The number of amidine groups is 1. The molecule has 0 bridgehead atoms. The van der Waals surface area contributed by atoms with Crippen LogP contribution >= 0.6 is 11.6 Å². The summed E-state index contributed by atoms with van der Waals surface area (Å²) in [7, 11) is 0. The molecule has 0 saturated carbocycles. The standard InChI is InChI=1S/C36H35ClN6O6/c1-36(2,3)49-29-14-22(28(45)16-30(38)46)8-10-25(29)34-41-32(21-6-4-20(19-44)5-7-21)33(26-17-40-27-15-23(37)9-11-24(26)27)43(34)35(48)42-13-12-39-31(47)18-42/h4-11,14-15,17,19,32-33,40H,12-13,16,18H2,1-3H3,(H2,38,46)(H,39,47). The Kier molecular flexibility index (Phi) is 9.00. The molecule has 4 aromatic rings. The van der Waals surface area contributed by atoms with Crippen LogP contribution in [-0.2, 0) is 9.59 Å². The first kappa shape index (κ1) is 33.4. The number of carbonyl (C=O) groups excluding carboxylic acids is 5. The zero-order valence-electron chi connectivity index (χ0n) is 27.2. The molecule has 2 aliphatic heterocycles. The monoisotopic (exact) mass is 682 g/mol. The van der Waals surface area contributed by atoms with Gasteiger partial charge in [-0.05, 0) is 50.6 Å². The number of aromatic nitrogens is 1. The molecule has 3 aromatic carbocycles. The second kappa shape index (κ2) is 13.2. The first-order chi connectivity index (χ1) is 23.3. The summed E-state index contributed by atoms with van der Waals surface area (Å²) in [4.78, 5) is 74.8. The van der Waals surface area contributed by atoms with Crippen molar-refractivity contribution in [3.8, 4) is 5.75 Å². The molecule has 13 heteroatoms. The number of hydrogen-bond acceptors (Lipinski definition) is 7. The van der Waals surface area contributed by atoms with Gasteiger partial charge in [-0.3, -0.25) is 29.1 Å². The molecule has 1 saturated heterocycles. The molecule has 1 fully saturated rings. The summed E-state index contributed by atoms with van der Waals surface area (Å²) >= 11 is 6.33. The van der Waals surface area contributed by atoms with Gasteiger partial charge in [-0.1, -0.05) is 48.0 Å². The highest BCUT2D eigenvalue weighted by atomic mass is 35.5. The van der Waals surface area contributed by atoms with E-state index >= 15 is 0 Å². The van der Waals surface area contributed by atoms with Crippen LogP contribution < -0.4 is 15.8 Å². The van der Waals surface area contributed by atoms with Gasteiger partial charge in [0.15, 0.2) is 5.78 Å². The maximum atomic E-state index is 14.8. The summed E-state index contributed by atoms with van der Waals surface area (Å²) in [6.45, 7) is 5.94. The van der Waals surface area contributed by atoms with Crippen LogP contribution in [0, 0.1) is 0 Å². The summed E-state index contributed by atoms with van der Waals surface area (Å²) < 4.78 is 6.39. The Labute approximate surface area is 287 Å². The van der Waals surface area contributed by atoms with E-state index in [1.807, 2.05) is 33.0 Å². The molecule has 0 radical (unpaired) electrons. The molecule has 2 atom stereocenters. The number of ether oxygens (including phenoxy) is 1. The minimum absolute atomic E-state index is 0.149. The van der Waals surface area contributed by atoms with Gasteiger partial charge < -0.3 is 25.7 Å². The number of nitrogens with zero attached hydrogens (tertiary/aromatic N) is 3. The number of carbonyl (C=O) groups is 5. The molecule has 3 heterocycles. The van der Waals surface area contributed by atoms with Crippen molar-refractivity contribution in [1.29, 1.82) is 0 Å². The van der Waals surface area contributed by atoms with Crippen molar-refractivity contribution in [3.63, 3.8) is 0 Å². The molecule has 1 aromatic heterocycles. The van der Waals surface area contributed by atoms with Gasteiger partial charge in [0.05, 0.1) is 18.0 Å². The summed E-state index contributed by atoms with van der Waals surface area (Å²) in [5.74, 6) is -1.02. The highest BCUT2D eigenvalue weighted by molar-refractivity contribution is 6.31. The largest absolute Gasteiger partial charge is 0.487 e. The Morgan fingerprint density at radius 2 is 1.84 bits per heavy atom. The highest BCUT2D eigenvalue weighted by Crippen LogP contribution is 2.47. The molecular weight excluding hydrogens is 648 g/mol. The number of amides is 4. The second-order valence-electron chi connectivity index (χ2n) is 13.0. The van der Waals surface area contributed by atoms with E-state index in [4.69, 9.17) is 27.1 Å². The number of benzene rings is 3. The van der Waals surface area contributed by atoms with Crippen LogP contribution in [-0.4, -0.2) is 75.8 Å². The van der Waals surface area contributed by atoms with E-state index in [9.17, 15) is 24.0 Å². The van der Waals surface area contributed by atoms with E-state index in [1.165, 1.54) is 11.0 Å². The Morgan fingerprint density at radius 1 is 1.08 bits per heavy atom. The van der Waals surface area contributed by atoms with Crippen molar-refractivity contribution in [2.75, 3.05) is 19.6 Å². The average molecular weight is 683 g/mol. The second-order valence-corrected chi connectivity index (χ2v) is 13.4. The van der Waals surface area contributed by atoms with Crippen molar-refractivity contribution < 1.29 is 28.7 Å². The number of aldehydes is 1. The number of primary amides is 1. The number of Topliss-reactive ketones (excluding diaryl/α,β-unsaturated/α-hetero) is 1. The van der Waals surface area contributed by atoms with E-state index in [0.29, 0.717) is 16.1 Å². The van der Waals surface area contributed by atoms with Crippen LogP contribution in [0.25, 0.3) is 10.9 Å². The fraction of sp³-hybridized carbons (Fsp3) is 0.278. The molecule has 2 aliphatic rings. The Hall–Kier alpha value is -5.49. The lowest BCUT2D eigenvalue weighted by Crippen LogP contribution is -2.55. The van der Waals surface area contributed by atoms with Crippen molar-refractivity contribution in [1.82, 2.24) is 20.1 Å². The van der Waals surface area contributed by atoms with E-state index < -0.39 is 41.8 Å². The lowest BCUT2D eigenvalue weighted by atomic mass is 9.93. The fourth-order valence-electron chi connectivity index (χ4n) is 6.16. The van der Waals surface area contributed by atoms with Gasteiger partial charge in [0.25, 0.3) is 0 Å². The van der Waals surface area contributed by atoms with Crippen LogP contribution in [0.4, 0.5) is 4.79 Å². The Bertz CT molecular complexity index is 2010. The molecule has 252 valence electrons. The van der Waals surface area contributed by atoms with Crippen molar-refractivity contribution in [2.45, 2.75) is 44.9 Å². The first-order valence-electron chi connectivity index (χ1n) is 15.7. The number of aliphatic imine (C=N–C) groups is 1. The Morgan fingerprint density at radius 3 is 2.51 bits per heavy atom. The summed E-state index contributed by atoms with van der Waals surface area (Å²) in [5, 5.41) is 4.11. The molecule has 2 unspecified atom stereocenters. The van der Waals surface area contributed by atoms with E-state index in [1.54, 1.807) is 53.4 Å². The number of ketones is 1. The molecule has 12 nitrogen and oxygen atoms in total. The number of urea groups is 1. The van der Waals surface area contributed by atoms with Crippen LogP contribution in [0.5, 0.6) is 5.75 Å². The zero-order valence-corrected chi connectivity index (χ0v) is 27.9. The average Bonchev–Trinajstić information content (AvgIpc) is 3.64. The zero-order chi connectivity index (χ0) is 35.0. The van der Waals surface area contributed by atoms with Gasteiger partial charge in [0.2, 0.25) is 11.8 Å². The maximum absolute atomic E-state index is 14.8. The molecule has 4 amide bonds. The van der Waals surface area contributed by atoms with E-state index in [0.717, 1.165) is 28.3 Å². The number of H-pyrrole nitrogens is 1. The lowest BCUT2D eigenvalue weighted by molar-refractivity contribution is -0.123. The molecule has 6 rings (SSSR count). The number of halogens is 1. The predicted octanol–water partition coefficient (Wildman–Crippen LogP) is 4.97. The lowest BCUT2D eigenvalue weighted by Gasteiger charge is -2.36. The van der Waals surface area contributed by atoms with Crippen LogP contribution in [0.15, 0.2) is 71.9 Å². The Balaban J connectivity index is 1.59. The SMILES string of the molecule is CC(C)(C)Oc1cc(C(=O)CC(N)=O)ccc1C1=NC(c2ccc(C=O)cc2)C(c2c[nH]c3cc(Cl)ccc23)N1C(=O)N1CCNC(=O)C1. The number of rotatable bonds is 8. The summed E-state index contributed by atoms with van der Waals surface area (Å²) in [6.07, 6.45) is 2.09. The van der Waals surface area contributed by atoms with Crippen molar-refractivity contribution >= 4 is 58.3 Å². The number of nitrogens with two attached hydrogens (primary N) is 1. The quantitative estimate of drug-likeness (QED) is 0.135. The topological polar surface area (TPSA) is 167 Å². The number of aromatic amines is 1. The summed E-state index contributed by atoms with van der Waals surface area (Å²) in [6, 6.07) is 15.3. The molecule has 0 spiro atoms. The normalized spacial score (nSPS) is 17.9. The predicted molar refractivity (Wildman–Crippen MR) is 184 cm³/mol. The third-order valence-electron chi connectivity index (χ3n) is 8.29. The molecule has 4 N–H and O–H groups in total. The minimum atomic E-state index is -0.763. The van der Waals surface area contributed by atoms with Crippen LogP contribution in [0.1, 0.15) is 76.7 Å². The number of fused-ring (bicyclic) bond motifs is 1. The van der Waals surface area contributed by atoms with Gasteiger partial charge in [-0.25, -0.2) is 4.79 Å². The van der Waals surface area contributed by atoms with Gasteiger partial charge in [0.1, 0.15) is 36.1 Å². The van der Waals surface area contributed by atoms with Gasteiger partial charge in [0, 0.05) is 51.9 Å². The van der Waals surface area contributed by atoms with Crippen LogP contribution in [0.2, 0.25) is 5.02 Å². The van der Waals surface area contributed by atoms with Gasteiger partial charge >= 0.3 is 6.03 Å². The molecular formula is C36H35ClN6O6. The maximum Gasteiger partial charge on any atom is 0.326 e. The van der Waals surface area contributed by atoms with Gasteiger partial charge in [-0.2, -0.15) is 0 Å². The van der Waals surface area contributed by atoms with Crippen LogP contribution in [0.3, 0.4) is 0 Å². The fourth-order valence-corrected chi connectivity index (χ4v) is 6.33. The van der Waals surface area contributed by atoms with Crippen molar-refractivity contribution in [2.24, 2.45) is 10.7 Å². The third-order valence-corrected chi connectivity index (χ3v) is 8.52. The summed E-state index contributed by atoms with van der Waals surface area (Å²) in [5.41, 5.74) is 7.91. The van der Waals surface area contributed by atoms with E-state index in [-0.39, 0.29) is 42.7 Å². The molecule has 49 heavy (non-hydrogen) atoms. The highest BCUT2D eigenvalue weighted by Gasteiger charge is 2.46. The molecule has 0 aliphatic carbocycles.